The summed E-state index contributed by atoms with van der Waals surface area (Å²) in [5.74, 6) is 1.01. The molecule has 3 aromatic rings. The number of nitrogens with one attached hydrogen (secondary N) is 1. The van der Waals surface area contributed by atoms with Crippen LogP contribution in [0.5, 0.6) is 0 Å². The molecule has 0 amide bonds. The minimum atomic E-state index is 0.691. The molecule has 4 heteroatoms. The van der Waals surface area contributed by atoms with Crippen LogP contribution in [0.3, 0.4) is 0 Å². The van der Waals surface area contributed by atoms with Gasteiger partial charge in [-0.3, -0.25) is 4.98 Å². The molecule has 0 aliphatic rings. The number of para-hydroxylation sites is 2. The quantitative estimate of drug-likeness (QED) is 0.762. The monoisotopic (exact) mass is 238 g/mol. The first-order valence-electron chi connectivity index (χ1n) is 5.89. The second-order valence-electron chi connectivity index (χ2n) is 4.17. The van der Waals surface area contributed by atoms with Crippen molar-refractivity contribution in [3.8, 4) is 0 Å². The second kappa shape index (κ2) is 4.49. The number of imidazole rings is 1. The molecule has 0 saturated heterocycles. The standard InChI is InChI=1S/C14H14N4/c1-18-13-7-3-2-6-12(13)17-14(18)10-16-11-5-4-8-15-9-11/h2-9,16H,10H2,1H3. The van der Waals surface area contributed by atoms with Gasteiger partial charge in [0.25, 0.3) is 0 Å². The normalized spacial score (nSPS) is 10.7. The Balaban J connectivity index is 1.85. The van der Waals surface area contributed by atoms with Crippen LogP contribution in [-0.2, 0) is 13.6 Å². The maximum atomic E-state index is 4.61. The maximum Gasteiger partial charge on any atom is 0.128 e. The molecular formula is C14H14N4. The van der Waals surface area contributed by atoms with Gasteiger partial charge < -0.3 is 9.88 Å². The third-order valence-corrected chi connectivity index (χ3v) is 2.99. The number of anilines is 1. The number of fused-ring (bicyclic) bond motifs is 1. The van der Waals surface area contributed by atoms with Gasteiger partial charge in [-0.05, 0) is 24.3 Å². The molecule has 1 N–H and O–H groups in total. The lowest BCUT2D eigenvalue weighted by atomic mass is 10.3. The predicted molar refractivity (Wildman–Crippen MR) is 72.3 cm³/mol. The fourth-order valence-electron chi connectivity index (χ4n) is 2.00. The van der Waals surface area contributed by atoms with E-state index in [9.17, 15) is 0 Å². The van der Waals surface area contributed by atoms with Crippen LogP contribution in [0.2, 0.25) is 0 Å². The molecule has 0 fully saturated rings. The Hall–Kier alpha value is -2.36. The van der Waals surface area contributed by atoms with Gasteiger partial charge in [0.05, 0.1) is 23.3 Å². The number of hydrogen-bond acceptors (Lipinski definition) is 3. The van der Waals surface area contributed by atoms with Gasteiger partial charge in [0.2, 0.25) is 0 Å². The number of benzene rings is 1. The van der Waals surface area contributed by atoms with Gasteiger partial charge >= 0.3 is 0 Å². The maximum absolute atomic E-state index is 4.61. The summed E-state index contributed by atoms with van der Waals surface area (Å²) in [5.41, 5.74) is 3.19. The number of rotatable bonds is 3. The lowest BCUT2D eigenvalue weighted by Crippen LogP contribution is -2.05. The highest BCUT2D eigenvalue weighted by Crippen LogP contribution is 2.15. The summed E-state index contributed by atoms with van der Waals surface area (Å²) in [6.45, 7) is 0.691. The van der Waals surface area contributed by atoms with E-state index in [4.69, 9.17) is 0 Å². The Kier molecular flexibility index (Phi) is 2.68. The first kappa shape index (κ1) is 10.8. The molecule has 4 nitrogen and oxygen atoms in total. The van der Waals surface area contributed by atoms with Gasteiger partial charge in [-0.1, -0.05) is 12.1 Å². The molecule has 0 atom stereocenters. The molecule has 2 heterocycles. The van der Waals surface area contributed by atoms with Gasteiger partial charge in [0.15, 0.2) is 0 Å². The topological polar surface area (TPSA) is 42.7 Å². The van der Waals surface area contributed by atoms with E-state index in [2.05, 4.69) is 25.9 Å². The highest BCUT2D eigenvalue weighted by molar-refractivity contribution is 5.75. The third-order valence-electron chi connectivity index (χ3n) is 2.99. The SMILES string of the molecule is Cn1c(CNc2cccnc2)nc2ccccc21. The first-order chi connectivity index (χ1) is 8.84. The van der Waals surface area contributed by atoms with E-state index in [-0.39, 0.29) is 0 Å². The number of pyridine rings is 1. The van der Waals surface area contributed by atoms with E-state index >= 15 is 0 Å². The summed E-state index contributed by atoms with van der Waals surface area (Å²) in [7, 11) is 2.04. The van der Waals surface area contributed by atoms with Gasteiger partial charge in [0.1, 0.15) is 5.82 Å². The van der Waals surface area contributed by atoms with Crippen LogP contribution in [-0.4, -0.2) is 14.5 Å². The van der Waals surface area contributed by atoms with Crippen LogP contribution in [0.15, 0.2) is 48.8 Å². The van der Waals surface area contributed by atoms with E-state index in [1.807, 2.05) is 43.6 Å². The highest BCUT2D eigenvalue weighted by atomic mass is 15.1. The molecule has 2 aromatic heterocycles. The average molecular weight is 238 g/mol. The molecule has 0 spiro atoms. The van der Waals surface area contributed by atoms with Crippen molar-refractivity contribution in [2.75, 3.05) is 5.32 Å². The summed E-state index contributed by atoms with van der Waals surface area (Å²) < 4.78 is 2.11. The molecule has 0 aliphatic heterocycles. The molecule has 1 aromatic carbocycles. The molecule has 0 bridgehead atoms. The molecule has 0 aliphatic carbocycles. The van der Waals surface area contributed by atoms with Crippen molar-refractivity contribution >= 4 is 16.7 Å². The van der Waals surface area contributed by atoms with Crippen LogP contribution >= 0.6 is 0 Å². The van der Waals surface area contributed by atoms with Crippen molar-refractivity contribution in [1.29, 1.82) is 0 Å². The Morgan fingerprint density at radius 1 is 1.17 bits per heavy atom. The average Bonchev–Trinajstić information content (AvgIpc) is 2.75. The van der Waals surface area contributed by atoms with Crippen molar-refractivity contribution in [1.82, 2.24) is 14.5 Å². The van der Waals surface area contributed by atoms with E-state index in [0.717, 1.165) is 22.5 Å². The zero-order valence-electron chi connectivity index (χ0n) is 10.2. The summed E-state index contributed by atoms with van der Waals surface area (Å²) in [4.78, 5) is 8.68. The summed E-state index contributed by atoms with van der Waals surface area (Å²) in [5, 5.41) is 3.32. The van der Waals surface area contributed by atoms with Gasteiger partial charge in [-0.15, -0.1) is 0 Å². The van der Waals surface area contributed by atoms with Crippen LogP contribution in [0.4, 0.5) is 5.69 Å². The first-order valence-corrected chi connectivity index (χ1v) is 5.89. The second-order valence-corrected chi connectivity index (χ2v) is 4.17. The molecule has 90 valence electrons. The zero-order valence-corrected chi connectivity index (χ0v) is 10.2. The van der Waals surface area contributed by atoms with E-state index in [1.165, 1.54) is 0 Å². The predicted octanol–water partition coefficient (Wildman–Crippen LogP) is 2.58. The number of aryl methyl sites for hydroxylation is 1. The third kappa shape index (κ3) is 1.93. The van der Waals surface area contributed by atoms with Crippen molar-refractivity contribution in [3.05, 3.63) is 54.6 Å². The van der Waals surface area contributed by atoms with Gasteiger partial charge in [0, 0.05) is 19.4 Å². The molecular weight excluding hydrogens is 224 g/mol. The summed E-state index contributed by atoms with van der Waals surface area (Å²) in [6.07, 6.45) is 3.57. The lowest BCUT2D eigenvalue weighted by molar-refractivity contribution is 0.834. The minimum Gasteiger partial charge on any atom is -0.377 e. The molecule has 3 rings (SSSR count). The fraction of sp³-hybridized carbons (Fsp3) is 0.143. The summed E-state index contributed by atoms with van der Waals surface area (Å²) in [6, 6.07) is 12.1. The van der Waals surface area contributed by atoms with E-state index in [0.29, 0.717) is 6.54 Å². The minimum absolute atomic E-state index is 0.691. The smallest absolute Gasteiger partial charge is 0.128 e. The Morgan fingerprint density at radius 2 is 2.06 bits per heavy atom. The summed E-state index contributed by atoms with van der Waals surface area (Å²) >= 11 is 0. The van der Waals surface area contributed by atoms with E-state index < -0.39 is 0 Å². The number of nitrogens with zero attached hydrogens (tertiary/aromatic N) is 3. The van der Waals surface area contributed by atoms with Crippen LogP contribution in [0.25, 0.3) is 11.0 Å². The zero-order chi connectivity index (χ0) is 12.4. The van der Waals surface area contributed by atoms with Gasteiger partial charge in [-0.25, -0.2) is 4.98 Å². The lowest BCUT2D eigenvalue weighted by Gasteiger charge is -2.05. The number of aromatic nitrogens is 3. The van der Waals surface area contributed by atoms with E-state index in [1.54, 1.807) is 6.20 Å². The van der Waals surface area contributed by atoms with Crippen LogP contribution in [0.1, 0.15) is 5.82 Å². The largest absolute Gasteiger partial charge is 0.377 e. The van der Waals surface area contributed by atoms with Crippen LogP contribution < -0.4 is 5.32 Å². The Morgan fingerprint density at radius 3 is 2.83 bits per heavy atom. The van der Waals surface area contributed by atoms with Crippen molar-refractivity contribution in [3.63, 3.8) is 0 Å². The van der Waals surface area contributed by atoms with Crippen molar-refractivity contribution < 1.29 is 0 Å². The van der Waals surface area contributed by atoms with Gasteiger partial charge in [-0.2, -0.15) is 0 Å². The Labute approximate surface area is 105 Å². The fourth-order valence-corrected chi connectivity index (χ4v) is 2.00. The van der Waals surface area contributed by atoms with Crippen LogP contribution in [0, 0.1) is 0 Å². The molecule has 18 heavy (non-hydrogen) atoms. The van der Waals surface area contributed by atoms with Crippen molar-refractivity contribution in [2.45, 2.75) is 6.54 Å². The molecule has 0 radical (unpaired) electrons. The molecule has 0 unspecified atom stereocenters. The van der Waals surface area contributed by atoms with Crippen molar-refractivity contribution in [2.24, 2.45) is 7.05 Å². The Bertz CT molecular complexity index is 658. The number of hydrogen-bond donors (Lipinski definition) is 1. The molecule has 0 saturated carbocycles. The highest BCUT2D eigenvalue weighted by Gasteiger charge is 2.06.